The third-order valence-electron chi connectivity index (χ3n) is 3.84. The highest BCUT2D eigenvalue weighted by Crippen LogP contribution is 2.28. The maximum Gasteiger partial charge on any atom is 0.305 e. The Hall–Kier alpha value is -3.11. The summed E-state index contributed by atoms with van der Waals surface area (Å²) in [4.78, 5) is 28.0. The Balaban J connectivity index is 2.25. The van der Waals surface area contributed by atoms with E-state index in [0.29, 0.717) is 5.56 Å². The molecular weight excluding hydrogens is 393 g/mol. The highest BCUT2D eigenvalue weighted by atomic mass is 19.2. The van der Waals surface area contributed by atoms with Crippen LogP contribution in [0, 0.1) is 17.5 Å². The van der Waals surface area contributed by atoms with Crippen LogP contribution in [0.2, 0.25) is 0 Å². The van der Waals surface area contributed by atoms with Crippen LogP contribution >= 0.6 is 0 Å². The first kappa shape index (κ1) is 22.2. The van der Waals surface area contributed by atoms with Crippen LogP contribution in [0.15, 0.2) is 30.3 Å². The molecule has 7 nitrogen and oxygen atoms in total. The maximum absolute atomic E-state index is 14.4. The summed E-state index contributed by atoms with van der Waals surface area (Å²) in [6.07, 6.45) is 0.285. The van der Waals surface area contributed by atoms with E-state index in [0.717, 1.165) is 18.2 Å². The number of benzene rings is 2. The Morgan fingerprint density at radius 2 is 1.86 bits per heavy atom. The fourth-order valence-electron chi connectivity index (χ4n) is 2.38. The van der Waals surface area contributed by atoms with Crippen molar-refractivity contribution >= 4 is 23.3 Å². The zero-order valence-corrected chi connectivity index (χ0v) is 15.4. The SMILES string of the molecule is COC(=O)CCc1ccc(Nc2c(C(=O)NOCCO)ccc(F)c2F)c(F)c1. The molecule has 2 rings (SSSR count). The van der Waals surface area contributed by atoms with Gasteiger partial charge in [-0.05, 0) is 36.2 Å². The van der Waals surface area contributed by atoms with Gasteiger partial charge in [-0.3, -0.25) is 14.4 Å². The summed E-state index contributed by atoms with van der Waals surface area (Å²) in [5.74, 6) is -4.79. The minimum atomic E-state index is -1.38. The normalized spacial score (nSPS) is 10.5. The van der Waals surface area contributed by atoms with Crippen molar-refractivity contribution in [3.8, 4) is 0 Å². The molecule has 0 bridgehead atoms. The summed E-state index contributed by atoms with van der Waals surface area (Å²) in [5.41, 5.74) is 1.33. The van der Waals surface area contributed by atoms with Gasteiger partial charge < -0.3 is 15.2 Å². The van der Waals surface area contributed by atoms with Crippen LogP contribution in [-0.2, 0) is 20.8 Å². The van der Waals surface area contributed by atoms with Crippen molar-refractivity contribution in [2.75, 3.05) is 25.6 Å². The molecule has 1 amide bonds. The molecule has 3 N–H and O–H groups in total. The Kier molecular flexibility index (Phi) is 7.98. The standard InChI is InChI=1S/C19H19F3N2O5/c1-28-16(26)7-3-11-2-6-15(14(21)10-11)23-18-12(4-5-13(20)17(18)22)19(27)24-29-9-8-25/h2,4-6,10,23,25H,3,7-9H2,1H3,(H,24,27). The number of carbonyl (C=O) groups excluding carboxylic acids is 2. The molecule has 0 saturated carbocycles. The molecular formula is C19H19F3N2O5. The number of halogens is 3. The van der Waals surface area contributed by atoms with Gasteiger partial charge in [0.15, 0.2) is 11.6 Å². The number of aryl methyl sites for hydroxylation is 1. The van der Waals surface area contributed by atoms with Gasteiger partial charge in [0, 0.05) is 6.42 Å². The van der Waals surface area contributed by atoms with E-state index in [1.54, 1.807) is 0 Å². The molecule has 0 aliphatic rings. The topological polar surface area (TPSA) is 96.9 Å². The van der Waals surface area contributed by atoms with Gasteiger partial charge in [0.2, 0.25) is 0 Å². The number of esters is 1. The molecule has 2 aromatic rings. The van der Waals surface area contributed by atoms with Crippen LogP contribution in [0.5, 0.6) is 0 Å². The van der Waals surface area contributed by atoms with Crippen molar-refractivity contribution in [2.24, 2.45) is 0 Å². The average molecular weight is 412 g/mol. The summed E-state index contributed by atoms with van der Waals surface area (Å²) < 4.78 is 46.9. The van der Waals surface area contributed by atoms with Crippen molar-refractivity contribution in [1.82, 2.24) is 5.48 Å². The average Bonchev–Trinajstić information content (AvgIpc) is 2.71. The van der Waals surface area contributed by atoms with E-state index in [9.17, 15) is 22.8 Å². The fourth-order valence-corrected chi connectivity index (χ4v) is 2.38. The van der Waals surface area contributed by atoms with Gasteiger partial charge in [-0.15, -0.1) is 0 Å². The van der Waals surface area contributed by atoms with Gasteiger partial charge >= 0.3 is 5.97 Å². The number of carbonyl (C=O) groups is 2. The maximum atomic E-state index is 14.4. The second-order valence-electron chi connectivity index (χ2n) is 5.80. The molecule has 0 aromatic heterocycles. The van der Waals surface area contributed by atoms with Crippen LogP contribution in [-0.4, -0.2) is 37.3 Å². The van der Waals surface area contributed by atoms with E-state index in [4.69, 9.17) is 5.11 Å². The van der Waals surface area contributed by atoms with E-state index in [1.165, 1.54) is 19.2 Å². The Labute approximate surface area is 164 Å². The lowest BCUT2D eigenvalue weighted by Crippen LogP contribution is -2.26. The Morgan fingerprint density at radius 3 is 2.52 bits per heavy atom. The summed E-state index contributed by atoms with van der Waals surface area (Å²) in [5, 5.41) is 11.0. The van der Waals surface area contributed by atoms with Gasteiger partial charge in [0.1, 0.15) is 5.82 Å². The molecule has 0 saturated heterocycles. The lowest BCUT2D eigenvalue weighted by atomic mass is 10.1. The number of anilines is 2. The van der Waals surface area contributed by atoms with Crippen molar-refractivity contribution < 1.29 is 37.4 Å². The second-order valence-corrected chi connectivity index (χ2v) is 5.80. The number of methoxy groups -OCH3 is 1. The molecule has 0 heterocycles. The first-order chi connectivity index (χ1) is 13.9. The summed E-state index contributed by atoms with van der Waals surface area (Å²) >= 11 is 0. The predicted molar refractivity (Wildman–Crippen MR) is 96.9 cm³/mol. The number of aliphatic hydroxyl groups is 1. The molecule has 2 aromatic carbocycles. The van der Waals surface area contributed by atoms with Gasteiger partial charge in [0.05, 0.1) is 37.3 Å². The molecule has 0 spiro atoms. The molecule has 156 valence electrons. The third-order valence-corrected chi connectivity index (χ3v) is 3.84. The molecule has 0 aliphatic heterocycles. The molecule has 0 fully saturated rings. The van der Waals surface area contributed by atoms with Crippen molar-refractivity contribution in [3.05, 3.63) is 58.9 Å². The minimum absolute atomic E-state index is 0.0550. The molecule has 29 heavy (non-hydrogen) atoms. The predicted octanol–water partition coefficient (Wildman–Crippen LogP) is 2.61. The molecule has 10 heteroatoms. The molecule has 0 aliphatic carbocycles. The quantitative estimate of drug-likeness (QED) is 0.333. The van der Waals surface area contributed by atoms with E-state index >= 15 is 0 Å². The van der Waals surface area contributed by atoms with Crippen molar-refractivity contribution in [2.45, 2.75) is 12.8 Å². The van der Waals surface area contributed by atoms with Gasteiger partial charge in [0.25, 0.3) is 5.91 Å². The van der Waals surface area contributed by atoms with Crippen molar-refractivity contribution in [3.63, 3.8) is 0 Å². The van der Waals surface area contributed by atoms with E-state index in [2.05, 4.69) is 14.9 Å². The van der Waals surface area contributed by atoms with E-state index < -0.39 is 35.0 Å². The molecule has 0 radical (unpaired) electrons. The lowest BCUT2D eigenvalue weighted by Gasteiger charge is -2.14. The van der Waals surface area contributed by atoms with Crippen LogP contribution in [0.4, 0.5) is 24.5 Å². The number of amides is 1. The van der Waals surface area contributed by atoms with Crippen molar-refractivity contribution in [1.29, 1.82) is 0 Å². The number of hydrogen-bond acceptors (Lipinski definition) is 6. The number of ether oxygens (including phenoxy) is 1. The second kappa shape index (κ2) is 10.4. The smallest absolute Gasteiger partial charge is 0.305 e. The van der Waals surface area contributed by atoms with E-state index in [1.807, 2.05) is 5.48 Å². The van der Waals surface area contributed by atoms with Gasteiger partial charge in [-0.1, -0.05) is 6.07 Å². The number of nitrogens with one attached hydrogen (secondary N) is 2. The highest BCUT2D eigenvalue weighted by molar-refractivity contribution is 6.00. The van der Waals surface area contributed by atoms with E-state index in [-0.39, 0.29) is 37.3 Å². The third kappa shape index (κ3) is 5.93. The minimum Gasteiger partial charge on any atom is -0.469 e. The Bertz CT molecular complexity index is 892. The first-order valence-electron chi connectivity index (χ1n) is 8.50. The van der Waals surface area contributed by atoms with Crippen LogP contribution < -0.4 is 10.8 Å². The van der Waals surface area contributed by atoms with Crippen LogP contribution in [0.3, 0.4) is 0 Å². The summed E-state index contributed by atoms with van der Waals surface area (Å²) in [6.45, 7) is -0.573. The fraction of sp³-hybridized carbons (Fsp3) is 0.263. The monoisotopic (exact) mass is 412 g/mol. The Morgan fingerprint density at radius 1 is 1.10 bits per heavy atom. The first-order valence-corrected chi connectivity index (χ1v) is 8.50. The number of aliphatic hydroxyl groups excluding tert-OH is 1. The molecule has 0 unspecified atom stereocenters. The van der Waals surface area contributed by atoms with Crippen LogP contribution in [0.25, 0.3) is 0 Å². The molecule has 0 atom stereocenters. The number of hydrogen-bond donors (Lipinski definition) is 3. The van der Waals surface area contributed by atoms with Crippen LogP contribution in [0.1, 0.15) is 22.3 Å². The summed E-state index contributed by atoms with van der Waals surface area (Å²) in [7, 11) is 1.24. The largest absolute Gasteiger partial charge is 0.469 e. The highest BCUT2D eigenvalue weighted by Gasteiger charge is 2.20. The summed E-state index contributed by atoms with van der Waals surface area (Å²) in [6, 6.07) is 5.65. The zero-order valence-electron chi connectivity index (χ0n) is 15.4. The zero-order chi connectivity index (χ0) is 21.4. The number of rotatable bonds is 9. The van der Waals surface area contributed by atoms with Gasteiger partial charge in [-0.2, -0.15) is 0 Å². The lowest BCUT2D eigenvalue weighted by molar-refractivity contribution is -0.140. The van der Waals surface area contributed by atoms with Gasteiger partial charge in [-0.25, -0.2) is 18.7 Å². The number of hydroxylamine groups is 1.